The summed E-state index contributed by atoms with van der Waals surface area (Å²) in [6.45, 7) is 3.99. The Kier molecular flexibility index (Phi) is 3.51. The lowest BCUT2D eigenvalue weighted by Gasteiger charge is -2.23. The van der Waals surface area contributed by atoms with Crippen LogP contribution in [0.1, 0.15) is 31.0 Å². The van der Waals surface area contributed by atoms with Gasteiger partial charge in [0.05, 0.1) is 13.0 Å². The third kappa shape index (κ3) is 2.57. The van der Waals surface area contributed by atoms with Crippen molar-refractivity contribution in [2.75, 3.05) is 19.7 Å². The van der Waals surface area contributed by atoms with Crippen LogP contribution in [-0.4, -0.2) is 35.8 Å². The van der Waals surface area contributed by atoms with Gasteiger partial charge in [-0.05, 0) is 6.92 Å². The Balaban J connectivity index is 1.80. The van der Waals surface area contributed by atoms with Crippen molar-refractivity contribution in [1.29, 1.82) is 0 Å². The van der Waals surface area contributed by atoms with E-state index in [9.17, 15) is 4.79 Å². The van der Waals surface area contributed by atoms with Crippen LogP contribution in [0, 0.1) is 0 Å². The average molecular weight is 225 g/mol. The van der Waals surface area contributed by atoms with Crippen LogP contribution in [0.3, 0.4) is 0 Å². The molecular weight excluding hydrogens is 210 g/mol. The highest BCUT2D eigenvalue weighted by Crippen LogP contribution is 2.16. The number of aromatic nitrogens is 2. The van der Waals surface area contributed by atoms with Gasteiger partial charge in [0.2, 0.25) is 5.89 Å². The summed E-state index contributed by atoms with van der Waals surface area (Å²) in [6.07, 6.45) is 0.740. The smallest absolute Gasteiger partial charge is 0.306 e. The fraction of sp³-hybridized carbons (Fsp3) is 0.700. The van der Waals surface area contributed by atoms with Gasteiger partial charge in [-0.25, -0.2) is 0 Å². The van der Waals surface area contributed by atoms with Crippen LogP contribution in [0.5, 0.6) is 0 Å². The third-order valence-corrected chi connectivity index (χ3v) is 2.48. The summed E-state index contributed by atoms with van der Waals surface area (Å²) < 4.78 is 9.86. The molecule has 0 aromatic carbocycles. The molecule has 0 amide bonds. The molecule has 1 aromatic heterocycles. The van der Waals surface area contributed by atoms with Gasteiger partial charge in [-0.3, -0.25) is 4.79 Å². The van der Waals surface area contributed by atoms with Crippen molar-refractivity contribution in [2.45, 2.75) is 25.7 Å². The van der Waals surface area contributed by atoms with Crippen LogP contribution < -0.4 is 5.32 Å². The fourth-order valence-electron chi connectivity index (χ4n) is 1.45. The van der Waals surface area contributed by atoms with Crippen LogP contribution in [0.15, 0.2) is 4.52 Å². The lowest BCUT2D eigenvalue weighted by molar-refractivity contribution is -0.143. The molecule has 1 N–H and O–H groups in total. The number of ether oxygens (including phenoxy) is 1. The van der Waals surface area contributed by atoms with Gasteiger partial charge >= 0.3 is 5.97 Å². The summed E-state index contributed by atoms with van der Waals surface area (Å²) in [6, 6.07) is 0. The second kappa shape index (κ2) is 5.07. The minimum Gasteiger partial charge on any atom is -0.466 e. The monoisotopic (exact) mass is 225 g/mol. The molecule has 1 aliphatic rings. The number of aryl methyl sites for hydroxylation is 1. The third-order valence-electron chi connectivity index (χ3n) is 2.48. The zero-order valence-corrected chi connectivity index (χ0v) is 9.23. The molecular formula is C10H15N3O3. The number of carbonyl (C=O) groups excluding carboxylic acids is 1. The van der Waals surface area contributed by atoms with Crippen molar-refractivity contribution in [3.8, 4) is 0 Å². The molecule has 6 nitrogen and oxygen atoms in total. The van der Waals surface area contributed by atoms with E-state index >= 15 is 0 Å². The quantitative estimate of drug-likeness (QED) is 0.724. The lowest BCUT2D eigenvalue weighted by atomic mass is 10.0. The second-order valence-electron chi connectivity index (χ2n) is 3.71. The molecule has 1 aliphatic heterocycles. The van der Waals surface area contributed by atoms with E-state index < -0.39 is 0 Å². The molecule has 0 aliphatic carbocycles. The van der Waals surface area contributed by atoms with Crippen molar-refractivity contribution < 1.29 is 14.1 Å². The van der Waals surface area contributed by atoms with E-state index in [4.69, 9.17) is 9.26 Å². The van der Waals surface area contributed by atoms with Crippen LogP contribution >= 0.6 is 0 Å². The molecule has 16 heavy (non-hydrogen) atoms. The molecule has 88 valence electrons. The van der Waals surface area contributed by atoms with Crippen molar-refractivity contribution in [3.63, 3.8) is 0 Å². The van der Waals surface area contributed by atoms with Gasteiger partial charge in [0.15, 0.2) is 5.82 Å². The largest absolute Gasteiger partial charge is 0.466 e. The molecule has 0 radical (unpaired) electrons. The van der Waals surface area contributed by atoms with E-state index in [1.807, 2.05) is 0 Å². The van der Waals surface area contributed by atoms with Crippen molar-refractivity contribution in [3.05, 3.63) is 11.7 Å². The second-order valence-corrected chi connectivity index (χ2v) is 3.71. The number of carbonyl (C=O) groups is 1. The van der Waals surface area contributed by atoms with Gasteiger partial charge < -0.3 is 14.6 Å². The van der Waals surface area contributed by atoms with Crippen LogP contribution in [0.2, 0.25) is 0 Å². The standard InChI is InChI=1S/C10H15N3O3/c1-2-15-9(14)4-3-8-12-10(13-16-8)7-5-11-6-7/h7,11H,2-6H2,1H3. The maximum Gasteiger partial charge on any atom is 0.306 e. The molecule has 0 bridgehead atoms. The first-order valence-electron chi connectivity index (χ1n) is 5.48. The van der Waals surface area contributed by atoms with Crippen molar-refractivity contribution in [1.82, 2.24) is 15.5 Å². The minimum atomic E-state index is -0.229. The molecule has 0 atom stereocenters. The molecule has 1 fully saturated rings. The van der Waals surface area contributed by atoms with Crippen LogP contribution in [-0.2, 0) is 16.0 Å². The van der Waals surface area contributed by atoms with Crippen LogP contribution in [0.4, 0.5) is 0 Å². The number of hydrogen-bond acceptors (Lipinski definition) is 6. The molecule has 0 saturated carbocycles. The zero-order valence-electron chi connectivity index (χ0n) is 9.23. The molecule has 0 unspecified atom stereocenters. The van der Waals surface area contributed by atoms with Crippen LogP contribution in [0.25, 0.3) is 0 Å². The average Bonchev–Trinajstić information content (AvgIpc) is 2.61. The summed E-state index contributed by atoms with van der Waals surface area (Å²) in [5, 5.41) is 7.02. The first-order valence-corrected chi connectivity index (χ1v) is 5.48. The van der Waals surface area contributed by atoms with E-state index in [1.54, 1.807) is 6.92 Å². The maximum absolute atomic E-state index is 11.1. The Morgan fingerprint density at radius 3 is 3.06 bits per heavy atom. The fourth-order valence-corrected chi connectivity index (χ4v) is 1.45. The van der Waals surface area contributed by atoms with Gasteiger partial charge in [-0.15, -0.1) is 0 Å². The predicted molar refractivity (Wildman–Crippen MR) is 54.9 cm³/mol. The van der Waals surface area contributed by atoms with Crippen molar-refractivity contribution >= 4 is 5.97 Å². The molecule has 2 heterocycles. The lowest BCUT2D eigenvalue weighted by Crippen LogP contribution is -2.40. The highest BCUT2D eigenvalue weighted by molar-refractivity contribution is 5.69. The Labute approximate surface area is 93.4 Å². The summed E-state index contributed by atoms with van der Waals surface area (Å²) in [5.74, 6) is 1.38. The Bertz CT molecular complexity index is 360. The van der Waals surface area contributed by atoms with Crippen molar-refractivity contribution in [2.24, 2.45) is 0 Å². The van der Waals surface area contributed by atoms with E-state index in [-0.39, 0.29) is 5.97 Å². The Morgan fingerprint density at radius 2 is 2.44 bits per heavy atom. The molecule has 1 saturated heterocycles. The summed E-state index contributed by atoms with van der Waals surface area (Å²) in [5.41, 5.74) is 0. The molecule has 2 rings (SSSR count). The van der Waals surface area contributed by atoms with E-state index in [2.05, 4.69) is 15.5 Å². The van der Waals surface area contributed by atoms with Gasteiger partial charge in [0.25, 0.3) is 0 Å². The number of hydrogen-bond donors (Lipinski definition) is 1. The highest BCUT2D eigenvalue weighted by atomic mass is 16.5. The summed E-state index contributed by atoms with van der Waals surface area (Å²) >= 11 is 0. The molecule has 1 aromatic rings. The van der Waals surface area contributed by atoms with Gasteiger partial charge in [0, 0.05) is 25.4 Å². The Morgan fingerprint density at radius 1 is 1.62 bits per heavy atom. The van der Waals surface area contributed by atoms with Gasteiger partial charge in [0.1, 0.15) is 0 Å². The van der Waals surface area contributed by atoms with Gasteiger partial charge in [-0.1, -0.05) is 5.16 Å². The first-order chi connectivity index (χ1) is 7.79. The van der Waals surface area contributed by atoms with E-state index in [0.717, 1.165) is 18.9 Å². The normalized spacial score (nSPS) is 15.8. The zero-order chi connectivity index (χ0) is 11.4. The number of nitrogens with zero attached hydrogens (tertiary/aromatic N) is 2. The van der Waals surface area contributed by atoms with E-state index in [0.29, 0.717) is 31.3 Å². The SMILES string of the molecule is CCOC(=O)CCc1nc(C2CNC2)no1. The Hall–Kier alpha value is -1.43. The topological polar surface area (TPSA) is 77.2 Å². The first kappa shape index (κ1) is 11.1. The predicted octanol–water partition coefficient (Wildman–Crippen LogP) is 0.252. The summed E-state index contributed by atoms with van der Waals surface area (Å²) in [4.78, 5) is 15.3. The van der Waals surface area contributed by atoms with Gasteiger partial charge in [-0.2, -0.15) is 4.98 Å². The molecule has 6 heteroatoms. The number of esters is 1. The number of rotatable bonds is 5. The van der Waals surface area contributed by atoms with E-state index in [1.165, 1.54) is 0 Å². The highest BCUT2D eigenvalue weighted by Gasteiger charge is 2.24. The minimum absolute atomic E-state index is 0.229. The molecule has 0 spiro atoms. The summed E-state index contributed by atoms with van der Waals surface area (Å²) in [7, 11) is 0. The maximum atomic E-state index is 11.1. The number of nitrogens with one attached hydrogen (secondary N) is 1.